The first-order chi connectivity index (χ1) is 9.97. The first-order valence-electron chi connectivity index (χ1n) is 7.79. The van der Waals surface area contributed by atoms with Crippen molar-refractivity contribution in [3.63, 3.8) is 0 Å². The van der Waals surface area contributed by atoms with E-state index in [1.807, 2.05) is 18.7 Å². The van der Waals surface area contributed by atoms with Crippen molar-refractivity contribution in [3.8, 4) is 0 Å². The SMILES string of the molecule is CCC(CC)N1C(=O)CC(N2CCC(CC(=O)O)C2)C1=O. The van der Waals surface area contributed by atoms with Gasteiger partial charge in [0.15, 0.2) is 0 Å². The van der Waals surface area contributed by atoms with Gasteiger partial charge in [-0.1, -0.05) is 13.8 Å². The summed E-state index contributed by atoms with van der Waals surface area (Å²) in [6.45, 7) is 5.28. The van der Waals surface area contributed by atoms with E-state index in [2.05, 4.69) is 0 Å². The minimum Gasteiger partial charge on any atom is -0.481 e. The predicted octanol–water partition coefficient (Wildman–Crippen LogP) is 1.10. The van der Waals surface area contributed by atoms with Gasteiger partial charge in [-0.15, -0.1) is 0 Å². The minimum absolute atomic E-state index is 0.00702. The van der Waals surface area contributed by atoms with Crippen molar-refractivity contribution in [1.29, 1.82) is 0 Å². The van der Waals surface area contributed by atoms with Crippen LogP contribution in [0.25, 0.3) is 0 Å². The van der Waals surface area contributed by atoms with E-state index in [-0.39, 0.29) is 42.7 Å². The summed E-state index contributed by atoms with van der Waals surface area (Å²) < 4.78 is 0. The van der Waals surface area contributed by atoms with Crippen molar-refractivity contribution in [2.24, 2.45) is 5.92 Å². The summed E-state index contributed by atoms with van der Waals surface area (Å²) in [5.41, 5.74) is 0. The zero-order chi connectivity index (χ0) is 15.6. The molecule has 0 aromatic heterocycles. The summed E-state index contributed by atoms with van der Waals surface area (Å²) in [5, 5.41) is 8.85. The molecule has 6 heteroatoms. The maximum absolute atomic E-state index is 12.5. The molecule has 2 rings (SSSR count). The van der Waals surface area contributed by atoms with Gasteiger partial charge in [-0.25, -0.2) is 0 Å². The van der Waals surface area contributed by atoms with E-state index in [4.69, 9.17) is 5.11 Å². The topological polar surface area (TPSA) is 77.9 Å². The molecule has 2 amide bonds. The Hall–Kier alpha value is -1.43. The number of amides is 2. The number of carboxylic acids is 1. The quantitative estimate of drug-likeness (QED) is 0.743. The summed E-state index contributed by atoms with van der Waals surface area (Å²) >= 11 is 0. The fourth-order valence-corrected chi connectivity index (χ4v) is 3.52. The van der Waals surface area contributed by atoms with Crippen LogP contribution in [0.1, 0.15) is 46.0 Å². The molecule has 0 bridgehead atoms. The molecule has 0 spiro atoms. The highest BCUT2D eigenvalue weighted by Crippen LogP contribution is 2.29. The number of carboxylic acid groups (broad SMARTS) is 1. The summed E-state index contributed by atoms with van der Waals surface area (Å²) in [5.74, 6) is -0.882. The van der Waals surface area contributed by atoms with Crippen LogP contribution in [0.2, 0.25) is 0 Å². The van der Waals surface area contributed by atoms with Crippen molar-refractivity contribution in [3.05, 3.63) is 0 Å². The average molecular weight is 296 g/mol. The fourth-order valence-electron chi connectivity index (χ4n) is 3.52. The van der Waals surface area contributed by atoms with Crippen LogP contribution in [0.15, 0.2) is 0 Å². The van der Waals surface area contributed by atoms with Crippen LogP contribution in [0, 0.1) is 5.92 Å². The van der Waals surface area contributed by atoms with Gasteiger partial charge in [0.2, 0.25) is 11.8 Å². The zero-order valence-corrected chi connectivity index (χ0v) is 12.7. The molecule has 0 aromatic rings. The van der Waals surface area contributed by atoms with Crippen molar-refractivity contribution in [2.45, 2.75) is 58.0 Å². The highest BCUT2D eigenvalue weighted by molar-refractivity contribution is 6.05. The number of likely N-dealkylation sites (tertiary alicyclic amines) is 2. The highest BCUT2D eigenvalue weighted by Gasteiger charge is 2.45. The molecule has 0 radical (unpaired) electrons. The molecule has 2 aliphatic rings. The number of carbonyl (C=O) groups is 3. The molecule has 0 saturated carbocycles. The van der Waals surface area contributed by atoms with E-state index in [0.29, 0.717) is 13.1 Å². The monoisotopic (exact) mass is 296 g/mol. The Kier molecular flexibility index (Phi) is 4.98. The molecule has 2 saturated heterocycles. The third-order valence-electron chi connectivity index (χ3n) is 4.69. The van der Waals surface area contributed by atoms with Crippen LogP contribution >= 0.6 is 0 Å². The van der Waals surface area contributed by atoms with Crippen molar-refractivity contribution < 1.29 is 19.5 Å². The molecular formula is C15H24N2O4. The lowest BCUT2D eigenvalue weighted by atomic mass is 10.1. The first kappa shape index (κ1) is 15.9. The Bertz CT molecular complexity index is 433. The van der Waals surface area contributed by atoms with Gasteiger partial charge in [0.1, 0.15) is 0 Å². The van der Waals surface area contributed by atoms with Gasteiger partial charge in [-0.3, -0.25) is 24.2 Å². The lowest BCUT2D eigenvalue weighted by molar-refractivity contribution is -0.142. The second kappa shape index (κ2) is 6.56. The molecule has 2 unspecified atom stereocenters. The summed E-state index contributed by atoms with van der Waals surface area (Å²) in [6, 6.07) is -0.385. The van der Waals surface area contributed by atoms with E-state index in [9.17, 15) is 14.4 Å². The molecule has 118 valence electrons. The van der Waals surface area contributed by atoms with Crippen molar-refractivity contribution >= 4 is 17.8 Å². The molecule has 2 atom stereocenters. The number of imide groups is 1. The number of hydrogen-bond donors (Lipinski definition) is 1. The van der Waals surface area contributed by atoms with Gasteiger partial charge < -0.3 is 5.11 Å². The molecule has 2 aliphatic heterocycles. The van der Waals surface area contributed by atoms with Crippen molar-refractivity contribution in [1.82, 2.24) is 9.80 Å². The summed E-state index contributed by atoms with van der Waals surface area (Å²) in [4.78, 5) is 38.9. The molecule has 6 nitrogen and oxygen atoms in total. The molecular weight excluding hydrogens is 272 g/mol. The van der Waals surface area contributed by atoms with E-state index in [1.54, 1.807) is 0 Å². The van der Waals surface area contributed by atoms with Gasteiger partial charge in [0, 0.05) is 19.0 Å². The Morgan fingerprint density at radius 3 is 2.57 bits per heavy atom. The normalized spacial score (nSPS) is 27.1. The van der Waals surface area contributed by atoms with Crippen LogP contribution in [0.5, 0.6) is 0 Å². The summed E-state index contributed by atoms with van der Waals surface area (Å²) in [6.07, 6.45) is 2.73. The Morgan fingerprint density at radius 1 is 1.33 bits per heavy atom. The van der Waals surface area contributed by atoms with Gasteiger partial charge in [-0.05, 0) is 31.7 Å². The Balaban J connectivity index is 2.01. The zero-order valence-electron chi connectivity index (χ0n) is 12.7. The highest BCUT2D eigenvalue weighted by atomic mass is 16.4. The lowest BCUT2D eigenvalue weighted by Gasteiger charge is -2.26. The second-order valence-corrected chi connectivity index (χ2v) is 6.04. The Morgan fingerprint density at radius 2 is 2.00 bits per heavy atom. The molecule has 0 aliphatic carbocycles. The number of nitrogens with zero attached hydrogens (tertiary/aromatic N) is 2. The molecule has 2 fully saturated rings. The second-order valence-electron chi connectivity index (χ2n) is 6.04. The van der Waals surface area contributed by atoms with Crippen LogP contribution < -0.4 is 0 Å². The maximum atomic E-state index is 12.5. The maximum Gasteiger partial charge on any atom is 0.303 e. The Labute approximate surface area is 125 Å². The van der Waals surface area contributed by atoms with Gasteiger partial charge in [-0.2, -0.15) is 0 Å². The minimum atomic E-state index is -0.797. The smallest absolute Gasteiger partial charge is 0.303 e. The van der Waals surface area contributed by atoms with E-state index < -0.39 is 5.97 Å². The van der Waals surface area contributed by atoms with E-state index in [0.717, 1.165) is 19.3 Å². The van der Waals surface area contributed by atoms with Crippen LogP contribution in [0.3, 0.4) is 0 Å². The standard InChI is InChI=1S/C15H24N2O4/c1-3-11(4-2)17-13(18)8-12(15(17)21)16-6-5-10(9-16)7-14(19)20/h10-12H,3-9H2,1-2H3,(H,19,20). The van der Waals surface area contributed by atoms with E-state index >= 15 is 0 Å². The predicted molar refractivity (Wildman–Crippen MR) is 76.6 cm³/mol. The van der Waals surface area contributed by atoms with Crippen molar-refractivity contribution in [2.75, 3.05) is 13.1 Å². The third kappa shape index (κ3) is 3.26. The number of carbonyl (C=O) groups excluding carboxylic acids is 2. The molecule has 2 heterocycles. The third-order valence-corrected chi connectivity index (χ3v) is 4.69. The van der Waals surface area contributed by atoms with Crippen LogP contribution in [-0.4, -0.2) is 57.9 Å². The van der Waals surface area contributed by atoms with Gasteiger partial charge >= 0.3 is 5.97 Å². The number of aliphatic carboxylic acids is 1. The number of hydrogen-bond acceptors (Lipinski definition) is 4. The lowest BCUT2D eigenvalue weighted by Crippen LogP contribution is -2.44. The molecule has 1 N–H and O–H groups in total. The molecule has 21 heavy (non-hydrogen) atoms. The fraction of sp³-hybridized carbons (Fsp3) is 0.800. The molecule has 0 aromatic carbocycles. The summed E-state index contributed by atoms with van der Waals surface area (Å²) in [7, 11) is 0. The first-order valence-corrected chi connectivity index (χ1v) is 7.79. The van der Waals surface area contributed by atoms with Crippen LogP contribution in [0.4, 0.5) is 0 Å². The van der Waals surface area contributed by atoms with E-state index in [1.165, 1.54) is 4.90 Å². The largest absolute Gasteiger partial charge is 0.481 e. The van der Waals surface area contributed by atoms with Crippen LogP contribution in [-0.2, 0) is 14.4 Å². The van der Waals surface area contributed by atoms with Gasteiger partial charge in [0.05, 0.1) is 12.5 Å². The van der Waals surface area contributed by atoms with Gasteiger partial charge in [0.25, 0.3) is 0 Å². The number of rotatable bonds is 6. The average Bonchev–Trinajstić information content (AvgIpc) is 2.98.